The van der Waals surface area contributed by atoms with Crippen molar-refractivity contribution in [2.45, 2.75) is 32.7 Å². The number of rotatable bonds is 5. The second-order valence-corrected chi connectivity index (χ2v) is 6.23. The van der Waals surface area contributed by atoms with Gasteiger partial charge in [-0.2, -0.15) is 13.1 Å². The second kappa shape index (κ2) is 5.95. The summed E-state index contributed by atoms with van der Waals surface area (Å²) in [4.78, 5) is 2.36. The summed E-state index contributed by atoms with van der Waals surface area (Å²) in [6.45, 7) is 7.18. The van der Waals surface area contributed by atoms with Crippen LogP contribution in [0.4, 0.5) is 0 Å². The van der Waals surface area contributed by atoms with E-state index in [2.05, 4.69) is 28.2 Å². The summed E-state index contributed by atoms with van der Waals surface area (Å²) in [6.07, 6.45) is 1.77. The molecule has 5 nitrogen and oxygen atoms in total. The Bertz CT molecular complexity index is 295. The van der Waals surface area contributed by atoms with Crippen LogP contribution >= 0.6 is 0 Å². The molecule has 0 amide bonds. The summed E-state index contributed by atoms with van der Waals surface area (Å²) in [5.41, 5.74) is 0. The predicted octanol–water partition coefficient (Wildman–Crippen LogP) is 0.119. The standard InChI is InChI=1S/C10H22N3O2S/c1-9(2)8-13-6-4-10(5-7-13)12-16(14,15)11-3/h10-12H,4-8H2,1-3H3. The molecule has 1 fully saturated rings. The van der Waals surface area contributed by atoms with Crippen LogP contribution in [0.25, 0.3) is 0 Å². The van der Waals surface area contributed by atoms with E-state index in [1.54, 1.807) is 0 Å². The molecule has 0 atom stereocenters. The molecule has 1 aliphatic rings. The Morgan fingerprint density at radius 2 is 1.88 bits per heavy atom. The van der Waals surface area contributed by atoms with Gasteiger partial charge in [-0.25, -0.2) is 4.72 Å². The van der Waals surface area contributed by atoms with Gasteiger partial charge in [-0.1, -0.05) is 13.8 Å². The van der Waals surface area contributed by atoms with Crippen LogP contribution in [0.2, 0.25) is 0 Å². The van der Waals surface area contributed by atoms with Crippen molar-refractivity contribution in [2.24, 2.45) is 0 Å². The fourth-order valence-corrected chi connectivity index (χ4v) is 2.73. The van der Waals surface area contributed by atoms with E-state index < -0.39 is 10.2 Å². The number of likely N-dealkylation sites (tertiary alicyclic amines) is 1. The normalized spacial score (nSPS) is 20.5. The van der Waals surface area contributed by atoms with Crippen molar-refractivity contribution in [2.75, 3.05) is 26.7 Å². The summed E-state index contributed by atoms with van der Waals surface area (Å²) in [6, 6.07) is 0.0749. The molecular weight excluding hydrogens is 226 g/mol. The van der Waals surface area contributed by atoms with Crippen LogP contribution in [0, 0.1) is 5.92 Å². The molecule has 0 unspecified atom stereocenters. The van der Waals surface area contributed by atoms with Crippen LogP contribution in [-0.4, -0.2) is 46.0 Å². The Labute approximate surface area is 98.8 Å². The van der Waals surface area contributed by atoms with E-state index in [0.717, 1.165) is 32.5 Å². The molecule has 0 bridgehead atoms. The van der Waals surface area contributed by atoms with E-state index in [0.29, 0.717) is 0 Å². The van der Waals surface area contributed by atoms with Gasteiger partial charge in [0.15, 0.2) is 0 Å². The van der Waals surface area contributed by atoms with Gasteiger partial charge in [0, 0.05) is 19.6 Å². The molecule has 2 N–H and O–H groups in total. The van der Waals surface area contributed by atoms with Gasteiger partial charge in [0.1, 0.15) is 0 Å². The number of nitrogens with one attached hydrogen (secondary N) is 2. The number of hydrogen-bond acceptors (Lipinski definition) is 3. The maximum Gasteiger partial charge on any atom is 0.276 e. The van der Waals surface area contributed by atoms with E-state index in [1.165, 1.54) is 13.0 Å². The second-order valence-electron chi connectivity index (χ2n) is 4.58. The quantitative estimate of drug-likeness (QED) is 0.726. The number of piperidine rings is 1. The van der Waals surface area contributed by atoms with Crippen LogP contribution in [0.3, 0.4) is 0 Å². The van der Waals surface area contributed by atoms with Crippen molar-refractivity contribution in [3.8, 4) is 0 Å². The minimum atomic E-state index is -3.28. The van der Waals surface area contributed by atoms with Crippen molar-refractivity contribution >= 4 is 10.2 Å². The maximum absolute atomic E-state index is 11.3. The zero-order valence-electron chi connectivity index (χ0n) is 10.3. The van der Waals surface area contributed by atoms with Gasteiger partial charge in [0.2, 0.25) is 0 Å². The number of nitrogens with zero attached hydrogens (tertiary/aromatic N) is 1. The SMILES string of the molecule is CNS(=O)(=O)NC1CCN(C[C](C)C)CC1. The summed E-state index contributed by atoms with van der Waals surface area (Å²) < 4.78 is 27.5. The minimum Gasteiger partial charge on any atom is -0.303 e. The van der Waals surface area contributed by atoms with Crippen molar-refractivity contribution in [1.29, 1.82) is 0 Å². The molecular formula is C10H22N3O2S. The Morgan fingerprint density at radius 1 is 1.31 bits per heavy atom. The van der Waals surface area contributed by atoms with Crippen LogP contribution in [0.5, 0.6) is 0 Å². The fraction of sp³-hybridized carbons (Fsp3) is 0.900. The first-order valence-corrected chi connectivity index (χ1v) is 7.13. The van der Waals surface area contributed by atoms with E-state index in [-0.39, 0.29) is 6.04 Å². The van der Waals surface area contributed by atoms with Crippen LogP contribution in [-0.2, 0) is 10.2 Å². The fourth-order valence-electron chi connectivity index (χ4n) is 1.93. The molecule has 0 spiro atoms. The van der Waals surface area contributed by atoms with E-state index in [1.807, 2.05) is 0 Å². The van der Waals surface area contributed by atoms with Crippen LogP contribution in [0.15, 0.2) is 0 Å². The maximum atomic E-state index is 11.3. The van der Waals surface area contributed by atoms with Gasteiger partial charge in [0.25, 0.3) is 10.2 Å². The predicted molar refractivity (Wildman–Crippen MR) is 65.2 cm³/mol. The van der Waals surface area contributed by atoms with Crippen molar-refractivity contribution in [3.63, 3.8) is 0 Å². The highest BCUT2D eigenvalue weighted by atomic mass is 32.2. The van der Waals surface area contributed by atoms with Gasteiger partial charge >= 0.3 is 0 Å². The molecule has 1 heterocycles. The molecule has 0 aliphatic carbocycles. The van der Waals surface area contributed by atoms with Crippen LogP contribution in [0.1, 0.15) is 26.7 Å². The molecule has 16 heavy (non-hydrogen) atoms. The summed E-state index contributed by atoms with van der Waals surface area (Å²) in [5, 5.41) is 0. The van der Waals surface area contributed by atoms with Crippen molar-refractivity contribution in [3.05, 3.63) is 5.92 Å². The largest absolute Gasteiger partial charge is 0.303 e. The molecule has 1 aliphatic heterocycles. The highest BCUT2D eigenvalue weighted by Gasteiger charge is 2.22. The van der Waals surface area contributed by atoms with Crippen LogP contribution < -0.4 is 9.44 Å². The van der Waals surface area contributed by atoms with Gasteiger partial charge in [-0.05, 0) is 31.8 Å². The third kappa shape index (κ3) is 4.78. The number of hydrogen-bond donors (Lipinski definition) is 2. The van der Waals surface area contributed by atoms with Gasteiger partial charge in [-0.3, -0.25) is 0 Å². The Balaban J connectivity index is 2.32. The molecule has 0 aromatic carbocycles. The van der Waals surface area contributed by atoms with Gasteiger partial charge in [0.05, 0.1) is 0 Å². The zero-order valence-corrected chi connectivity index (χ0v) is 11.1. The molecule has 1 saturated heterocycles. The average molecular weight is 248 g/mol. The first kappa shape index (κ1) is 13.9. The van der Waals surface area contributed by atoms with Gasteiger partial charge < -0.3 is 4.90 Å². The zero-order chi connectivity index (χ0) is 12.2. The van der Waals surface area contributed by atoms with E-state index >= 15 is 0 Å². The Kier molecular flexibility index (Phi) is 5.17. The Morgan fingerprint density at radius 3 is 2.31 bits per heavy atom. The molecule has 0 aromatic heterocycles. The lowest BCUT2D eigenvalue weighted by molar-refractivity contribution is 0.214. The average Bonchev–Trinajstić information content (AvgIpc) is 2.20. The summed E-state index contributed by atoms with van der Waals surface area (Å²) in [5.74, 6) is 1.40. The molecule has 95 valence electrons. The smallest absolute Gasteiger partial charge is 0.276 e. The monoisotopic (exact) mass is 248 g/mol. The molecule has 0 saturated carbocycles. The van der Waals surface area contributed by atoms with E-state index in [4.69, 9.17) is 0 Å². The van der Waals surface area contributed by atoms with Crippen molar-refractivity contribution in [1.82, 2.24) is 14.3 Å². The third-order valence-electron chi connectivity index (χ3n) is 2.72. The molecule has 6 heteroatoms. The first-order valence-electron chi connectivity index (χ1n) is 5.65. The van der Waals surface area contributed by atoms with Crippen molar-refractivity contribution < 1.29 is 8.42 Å². The van der Waals surface area contributed by atoms with Gasteiger partial charge in [-0.15, -0.1) is 0 Å². The molecule has 1 rings (SSSR count). The van der Waals surface area contributed by atoms with E-state index in [9.17, 15) is 8.42 Å². The lowest BCUT2D eigenvalue weighted by atomic mass is 10.0. The molecule has 1 radical (unpaired) electrons. The minimum absolute atomic E-state index is 0.0749. The Hall–Kier alpha value is -0.170. The highest BCUT2D eigenvalue weighted by Crippen LogP contribution is 2.12. The molecule has 0 aromatic rings. The highest BCUT2D eigenvalue weighted by molar-refractivity contribution is 7.87. The lowest BCUT2D eigenvalue weighted by Gasteiger charge is -2.32. The third-order valence-corrected chi connectivity index (χ3v) is 3.90. The topological polar surface area (TPSA) is 61.4 Å². The first-order chi connectivity index (χ1) is 7.43. The summed E-state index contributed by atoms with van der Waals surface area (Å²) in [7, 11) is -1.86. The lowest BCUT2D eigenvalue weighted by Crippen LogP contribution is -2.47. The summed E-state index contributed by atoms with van der Waals surface area (Å²) >= 11 is 0.